The molecular weight excluding hydrogens is 468 g/mol. The molecule has 2 aromatic heterocycles. The SMILES string of the molecule is C=CC(=O)N1CCN(c2nc(O[C@H](C)CN(C)C)nc3c2CCN(c2c(C)ccc4[nH]ncc24)C3)CC1. The Bertz CT molecular complexity index is 1300. The molecule has 2 aliphatic rings. The van der Waals surface area contributed by atoms with Gasteiger partial charge in [-0.05, 0) is 52.1 Å². The number of anilines is 2. The van der Waals surface area contributed by atoms with Crippen molar-refractivity contribution in [2.24, 2.45) is 0 Å². The van der Waals surface area contributed by atoms with E-state index in [1.807, 2.05) is 32.1 Å². The number of hydrogen-bond acceptors (Lipinski definition) is 8. The van der Waals surface area contributed by atoms with Crippen LogP contribution in [0.4, 0.5) is 11.5 Å². The number of carbonyl (C=O) groups is 1. The zero-order valence-electron chi connectivity index (χ0n) is 22.2. The van der Waals surface area contributed by atoms with E-state index in [0.29, 0.717) is 38.7 Å². The Morgan fingerprint density at radius 1 is 1.19 bits per heavy atom. The summed E-state index contributed by atoms with van der Waals surface area (Å²) < 4.78 is 6.22. The summed E-state index contributed by atoms with van der Waals surface area (Å²) in [6.07, 6.45) is 4.07. The average molecular weight is 505 g/mol. The number of benzene rings is 1. The number of aromatic nitrogens is 4. The van der Waals surface area contributed by atoms with Crippen LogP contribution in [0, 0.1) is 6.92 Å². The number of aromatic amines is 1. The third kappa shape index (κ3) is 5.11. The first-order valence-electron chi connectivity index (χ1n) is 12.9. The smallest absolute Gasteiger partial charge is 0.318 e. The molecule has 1 aromatic carbocycles. The van der Waals surface area contributed by atoms with Crippen LogP contribution < -0.4 is 14.5 Å². The molecule has 3 aromatic rings. The summed E-state index contributed by atoms with van der Waals surface area (Å²) in [4.78, 5) is 30.5. The number of aryl methyl sites for hydroxylation is 1. The van der Waals surface area contributed by atoms with E-state index in [0.717, 1.165) is 41.9 Å². The molecular formula is C27H36N8O2. The maximum atomic E-state index is 12.1. The highest BCUT2D eigenvalue weighted by Gasteiger charge is 2.29. The van der Waals surface area contributed by atoms with Crippen LogP contribution in [0.25, 0.3) is 10.9 Å². The van der Waals surface area contributed by atoms with Crippen LogP contribution in [-0.2, 0) is 17.8 Å². The normalized spacial score (nSPS) is 16.7. The summed E-state index contributed by atoms with van der Waals surface area (Å²) in [7, 11) is 4.05. The molecule has 0 spiro atoms. The van der Waals surface area contributed by atoms with Crippen LogP contribution in [-0.4, -0.2) is 95.3 Å². The summed E-state index contributed by atoms with van der Waals surface area (Å²) >= 11 is 0. The molecule has 5 rings (SSSR count). The van der Waals surface area contributed by atoms with E-state index in [4.69, 9.17) is 14.7 Å². The Hall–Kier alpha value is -3.66. The molecule has 10 heteroatoms. The summed E-state index contributed by atoms with van der Waals surface area (Å²) in [5.74, 6) is 0.908. The fraction of sp³-hybridized carbons (Fsp3) is 0.481. The molecule has 0 radical (unpaired) electrons. The maximum absolute atomic E-state index is 12.1. The van der Waals surface area contributed by atoms with Crippen molar-refractivity contribution in [3.05, 3.63) is 47.8 Å². The number of carbonyl (C=O) groups excluding carboxylic acids is 1. The van der Waals surface area contributed by atoms with Crippen molar-refractivity contribution in [1.29, 1.82) is 0 Å². The lowest BCUT2D eigenvalue weighted by Crippen LogP contribution is -2.49. The monoisotopic (exact) mass is 504 g/mol. The molecule has 1 amide bonds. The fourth-order valence-corrected chi connectivity index (χ4v) is 5.42. The van der Waals surface area contributed by atoms with E-state index in [2.05, 4.69) is 50.5 Å². The van der Waals surface area contributed by atoms with Crippen LogP contribution in [0.2, 0.25) is 0 Å². The molecule has 0 saturated carbocycles. The lowest BCUT2D eigenvalue weighted by molar-refractivity contribution is -0.126. The summed E-state index contributed by atoms with van der Waals surface area (Å²) in [5, 5.41) is 8.48. The van der Waals surface area contributed by atoms with Crippen molar-refractivity contribution in [2.75, 3.05) is 63.2 Å². The molecule has 0 unspecified atom stereocenters. The van der Waals surface area contributed by atoms with E-state index < -0.39 is 0 Å². The van der Waals surface area contributed by atoms with Gasteiger partial charge in [-0.2, -0.15) is 15.1 Å². The molecule has 10 nitrogen and oxygen atoms in total. The predicted molar refractivity (Wildman–Crippen MR) is 145 cm³/mol. The number of nitrogens with one attached hydrogen (secondary N) is 1. The first-order valence-corrected chi connectivity index (χ1v) is 12.9. The second-order valence-electron chi connectivity index (χ2n) is 10.2. The minimum Gasteiger partial charge on any atom is -0.459 e. The Kier molecular flexibility index (Phi) is 7.01. The third-order valence-corrected chi connectivity index (χ3v) is 7.13. The minimum absolute atomic E-state index is 0.0228. The number of fused-ring (bicyclic) bond motifs is 2. The largest absolute Gasteiger partial charge is 0.459 e. The molecule has 2 aliphatic heterocycles. The number of H-pyrrole nitrogens is 1. The first-order chi connectivity index (χ1) is 17.8. The molecule has 37 heavy (non-hydrogen) atoms. The lowest BCUT2D eigenvalue weighted by atomic mass is 10.0. The Balaban J connectivity index is 1.47. The first kappa shape index (κ1) is 25.0. The van der Waals surface area contributed by atoms with E-state index in [9.17, 15) is 4.79 Å². The summed E-state index contributed by atoms with van der Waals surface area (Å²) in [5.41, 5.74) is 5.60. The zero-order valence-corrected chi connectivity index (χ0v) is 22.2. The van der Waals surface area contributed by atoms with Crippen molar-refractivity contribution in [3.8, 4) is 6.01 Å². The van der Waals surface area contributed by atoms with Gasteiger partial charge in [-0.1, -0.05) is 12.6 Å². The predicted octanol–water partition coefficient (Wildman–Crippen LogP) is 2.39. The Morgan fingerprint density at radius 3 is 2.70 bits per heavy atom. The standard InChI is InChI=1S/C27H36N8O2/c1-6-24(36)33-11-13-34(14-12-33)26-20-9-10-35(25-18(2)7-8-22-21(25)15-28-31-22)17-23(20)29-27(30-26)37-19(3)16-32(4)5/h6-8,15,19H,1,9-14,16-17H2,2-5H3,(H,28,31)/t19-/m1/s1. The highest BCUT2D eigenvalue weighted by molar-refractivity contribution is 5.93. The molecule has 4 heterocycles. The van der Waals surface area contributed by atoms with Crippen LogP contribution in [0.3, 0.4) is 0 Å². The topological polar surface area (TPSA) is 93.7 Å². The van der Waals surface area contributed by atoms with Gasteiger partial charge in [0.2, 0.25) is 5.91 Å². The van der Waals surface area contributed by atoms with Gasteiger partial charge in [0.15, 0.2) is 0 Å². The van der Waals surface area contributed by atoms with E-state index in [-0.39, 0.29) is 12.0 Å². The molecule has 1 saturated heterocycles. The number of amides is 1. The highest BCUT2D eigenvalue weighted by atomic mass is 16.5. The van der Waals surface area contributed by atoms with E-state index >= 15 is 0 Å². The van der Waals surface area contributed by atoms with Crippen molar-refractivity contribution < 1.29 is 9.53 Å². The van der Waals surface area contributed by atoms with Gasteiger partial charge in [-0.25, -0.2) is 0 Å². The Labute approximate surface area is 217 Å². The van der Waals surface area contributed by atoms with Crippen LogP contribution in [0.5, 0.6) is 6.01 Å². The number of likely N-dealkylation sites (N-methyl/N-ethyl adjacent to an activating group) is 1. The van der Waals surface area contributed by atoms with Crippen LogP contribution in [0.15, 0.2) is 31.0 Å². The van der Waals surface area contributed by atoms with Crippen molar-refractivity contribution in [2.45, 2.75) is 32.9 Å². The molecule has 1 atom stereocenters. The second-order valence-corrected chi connectivity index (χ2v) is 10.2. The molecule has 0 bridgehead atoms. The van der Waals surface area contributed by atoms with Gasteiger partial charge >= 0.3 is 6.01 Å². The maximum Gasteiger partial charge on any atom is 0.318 e. The van der Waals surface area contributed by atoms with Gasteiger partial charge in [0, 0.05) is 50.2 Å². The molecule has 196 valence electrons. The molecule has 1 fully saturated rings. The zero-order chi connectivity index (χ0) is 26.1. The quantitative estimate of drug-likeness (QED) is 0.491. The number of rotatable bonds is 7. The van der Waals surface area contributed by atoms with Crippen molar-refractivity contribution in [3.63, 3.8) is 0 Å². The van der Waals surface area contributed by atoms with Crippen LogP contribution >= 0.6 is 0 Å². The average Bonchev–Trinajstić information content (AvgIpc) is 3.35. The van der Waals surface area contributed by atoms with Crippen LogP contribution in [0.1, 0.15) is 23.7 Å². The Morgan fingerprint density at radius 2 is 1.97 bits per heavy atom. The van der Waals surface area contributed by atoms with Crippen molar-refractivity contribution in [1.82, 2.24) is 30.0 Å². The minimum atomic E-state index is -0.0513. The lowest BCUT2D eigenvalue weighted by Gasteiger charge is -2.38. The van der Waals surface area contributed by atoms with Gasteiger partial charge in [0.1, 0.15) is 11.9 Å². The third-order valence-electron chi connectivity index (χ3n) is 7.13. The number of nitrogens with zero attached hydrogens (tertiary/aromatic N) is 7. The van der Waals surface area contributed by atoms with Gasteiger partial charge in [-0.3, -0.25) is 9.89 Å². The molecule has 1 N–H and O–H groups in total. The van der Waals surface area contributed by atoms with Gasteiger partial charge < -0.3 is 24.3 Å². The number of ether oxygens (including phenoxy) is 1. The summed E-state index contributed by atoms with van der Waals surface area (Å²) in [6.45, 7) is 12.8. The van der Waals surface area contributed by atoms with E-state index in [1.165, 1.54) is 22.9 Å². The van der Waals surface area contributed by atoms with Gasteiger partial charge in [0.05, 0.1) is 29.6 Å². The van der Waals surface area contributed by atoms with E-state index in [1.54, 1.807) is 0 Å². The summed E-state index contributed by atoms with van der Waals surface area (Å²) in [6, 6.07) is 4.62. The number of hydrogen-bond donors (Lipinski definition) is 1. The molecule has 0 aliphatic carbocycles. The van der Waals surface area contributed by atoms with Crippen molar-refractivity contribution >= 4 is 28.3 Å². The highest BCUT2D eigenvalue weighted by Crippen LogP contribution is 2.35. The second kappa shape index (κ2) is 10.4. The van der Waals surface area contributed by atoms with Gasteiger partial charge in [-0.15, -0.1) is 0 Å². The van der Waals surface area contributed by atoms with Gasteiger partial charge in [0.25, 0.3) is 0 Å². The fourth-order valence-electron chi connectivity index (χ4n) is 5.42. The number of piperazine rings is 1.